The van der Waals surface area contributed by atoms with E-state index >= 15 is 0 Å². The highest BCUT2D eigenvalue weighted by atomic mass is 35.5. The third-order valence-corrected chi connectivity index (χ3v) is 4.05. The molecule has 108 valence electrons. The van der Waals surface area contributed by atoms with E-state index in [0.29, 0.717) is 11.3 Å². The summed E-state index contributed by atoms with van der Waals surface area (Å²) in [5, 5.41) is 8.85. The zero-order valence-electron chi connectivity index (χ0n) is 10.9. The fourth-order valence-corrected chi connectivity index (χ4v) is 2.79. The Labute approximate surface area is 125 Å². The van der Waals surface area contributed by atoms with E-state index < -0.39 is 17.1 Å². The highest BCUT2D eigenvalue weighted by Gasteiger charge is 2.35. The van der Waals surface area contributed by atoms with Gasteiger partial charge in [-0.05, 0) is 18.2 Å². The minimum absolute atomic E-state index is 0.0764. The molecule has 1 heterocycles. The van der Waals surface area contributed by atoms with E-state index in [0.717, 1.165) is 0 Å². The third kappa shape index (κ3) is 2.59. The van der Waals surface area contributed by atoms with Crippen molar-refractivity contribution in [2.75, 3.05) is 6.61 Å². The van der Waals surface area contributed by atoms with Crippen LogP contribution in [-0.2, 0) is 0 Å². The molecule has 3 nitrogen and oxygen atoms in total. The fourth-order valence-electron chi connectivity index (χ4n) is 2.42. The summed E-state index contributed by atoms with van der Waals surface area (Å²) in [7, 11) is 0. The van der Waals surface area contributed by atoms with Crippen molar-refractivity contribution < 1.29 is 19.0 Å². The molecule has 1 aliphatic heterocycles. The fraction of sp³-hybridized carbons (Fsp3) is 0.188. The molecule has 0 saturated heterocycles. The number of ether oxygens (including phenoxy) is 1. The molecule has 5 heteroatoms. The summed E-state index contributed by atoms with van der Waals surface area (Å²) in [6.45, 7) is 0.0972. The Kier molecular flexibility index (Phi) is 3.55. The van der Waals surface area contributed by atoms with E-state index in [9.17, 15) is 14.3 Å². The largest absolute Gasteiger partial charge is 0.508 e. The molecule has 2 aromatic rings. The molecule has 0 aliphatic carbocycles. The average molecular weight is 307 g/mol. The first kappa shape index (κ1) is 13.9. The molecule has 0 radical (unpaired) electrons. The number of hydrogen-bond acceptors (Lipinski definition) is 3. The highest BCUT2D eigenvalue weighted by molar-refractivity contribution is 6.23. The lowest BCUT2D eigenvalue weighted by Crippen LogP contribution is -2.30. The highest BCUT2D eigenvalue weighted by Crippen LogP contribution is 2.42. The molecule has 3 rings (SSSR count). The normalized spacial score (nSPS) is 20.5. The van der Waals surface area contributed by atoms with Gasteiger partial charge in [0, 0.05) is 17.2 Å². The summed E-state index contributed by atoms with van der Waals surface area (Å²) >= 11 is 6.37. The number of benzene rings is 2. The number of halogens is 2. The first-order chi connectivity index (χ1) is 10.1. The molecular formula is C16H12ClFO3. The molecule has 0 bridgehead atoms. The van der Waals surface area contributed by atoms with Crippen LogP contribution < -0.4 is 4.74 Å². The molecule has 0 aromatic heterocycles. The minimum Gasteiger partial charge on any atom is -0.508 e. The monoisotopic (exact) mass is 306 g/mol. The zero-order chi connectivity index (χ0) is 15.0. The van der Waals surface area contributed by atoms with Crippen LogP contribution in [0.1, 0.15) is 21.3 Å². The Morgan fingerprint density at radius 1 is 1.29 bits per heavy atom. The minimum atomic E-state index is -0.592. The summed E-state index contributed by atoms with van der Waals surface area (Å²) in [5.41, 5.74) is 0.923. The van der Waals surface area contributed by atoms with Gasteiger partial charge in [0.1, 0.15) is 23.9 Å². The number of hydrogen-bond donors (Lipinski definition) is 1. The van der Waals surface area contributed by atoms with Gasteiger partial charge in [0.2, 0.25) is 0 Å². The van der Waals surface area contributed by atoms with Crippen molar-refractivity contribution in [3.63, 3.8) is 0 Å². The molecule has 2 unspecified atom stereocenters. The number of phenols is 1. The summed E-state index contributed by atoms with van der Waals surface area (Å²) in [6.07, 6.45) is 0. The van der Waals surface area contributed by atoms with Crippen LogP contribution in [0.3, 0.4) is 0 Å². The number of fused-ring (bicyclic) bond motifs is 1. The Morgan fingerprint density at radius 3 is 2.86 bits per heavy atom. The lowest BCUT2D eigenvalue weighted by molar-refractivity contribution is 0.0848. The molecule has 0 spiro atoms. The van der Waals surface area contributed by atoms with Crippen LogP contribution in [0.2, 0.25) is 0 Å². The number of carbonyl (C=O) groups is 1. The van der Waals surface area contributed by atoms with Gasteiger partial charge in [0.25, 0.3) is 0 Å². The van der Waals surface area contributed by atoms with Crippen LogP contribution in [-0.4, -0.2) is 17.5 Å². The molecule has 0 saturated carbocycles. The van der Waals surface area contributed by atoms with Gasteiger partial charge in [-0.3, -0.25) is 4.79 Å². The number of aromatic hydroxyl groups is 1. The van der Waals surface area contributed by atoms with Gasteiger partial charge in [-0.25, -0.2) is 4.39 Å². The van der Waals surface area contributed by atoms with Gasteiger partial charge < -0.3 is 9.84 Å². The van der Waals surface area contributed by atoms with Crippen LogP contribution in [0, 0.1) is 11.7 Å². The second-order valence-electron chi connectivity index (χ2n) is 4.92. The van der Waals surface area contributed by atoms with Crippen molar-refractivity contribution in [3.05, 3.63) is 59.4 Å². The van der Waals surface area contributed by atoms with Crippen LogP contribution in [0.15, 0.2) is 42.5 Å². The van der Waals surface area contributed by atoms with E-state index in [4.69, 9.17) is 16.3 Å². The van der Waals surface area contributed by atoms with Crippen LogP contribution in [0.4, 0.5) is 4.39 Å². The maximum absolute atomic E-state index is 13.2. The van der Waals surface area contributed by atoms with E-state index in [1.54, 1.807) is 12.1 Å². The molecule has 2 atom stereocenters. The Balaban J connectivity index is 1.91. The number of alkyl halides is 1. The smallest absolute Gasteiger partial charge is 0.171 e. The van der Waals surface area contributed by atoms with Gasteiger partial charge in [-0.1, -0.05) is 18.2 Å². The predicted molar refractivity (Wildman–Crippen MR) is 76.4 cm³/mol. The first-order valence-electron chi connectivity index (χ1n) is 6.46. The van der Waals surface area contributed by atoms with Crippen LogP contribution >= 0.6 is 11.6 Å². The van der Waals surface area contributed by atoms with Gasteiger partial charge >= 0.3 is 0 Å². The van der Waals surface area contributed by atoms with Gasteiger partial charge in [0.05, 0.1) is 11.3 Å². The molecule has 21 heavy (non-hydrogen) atoms. The zero-order valence-corrected chi connectivity index (χ0v) is 11.7. The lowest BCUT2D eigenvalue weighted by Gasteiger charge is -2.29. The number of phenolic OH excluding ortho intramolecular Hbond substituents is 1. The number of ketones is 1. The van der Waals surface area contributed by atoms with Crippen LogP contribution in [0.25, 0.3) is 0 Å². The average Bonchev–Trinajstić information content (AvgIpc) is 2.47. The second-order valence-corrected chi connectivity index (χ2v) is 5.39. The summed E-state index contributed by atoms with van der Waals surface area (Å²) < 4.78 is 18.7. The first-order valence-corrected chi connectivity index (χ1v) is 6.89. The van der Waals surface area contributed by atoms with Gasteiger partial charge in [-0.2, -0.15) is 0 Å². The van der Waals surface area contributed by atoms with E-state index in [-0.39, 0.29) is 23.7 Å². The van der Waals surface area contributed by atoms with Crippen molar-refractivity contribution in [1.82, 2.24) is 0 Å². The number of rotatable bonds is 2. The standard InChI is InChI=1S/C16H12ClFO3/c17-15-12-5-4-11(19)7-14(12)21-8-13(15)16(20)9-2-1-3-10(18)6-9/h1-7,13,15,19H,8H2. The molecule has 0 amide bonds. The van der Waals surface area contributed by atoms with Crippen molar-refractivity contribution in [3.8, 4) is 11.5 Å². The molecule has 0 fully saturated rings. The summed E-state index contributed by atoms with van der Waals surface area (Å²) in [6, 6.07) is 10.1. The van der Waals surface area contributed by atoms with Gasteiger partial charge in [0.15, 0.2) is 5.78 Å². The van der Waals surface area contributed by atoms with Crippen molar-refractivity contribution in [2.24, 2.45) is 5.92 Å². The maximum atomic E-state index is 13.2. The van der Waals surface area contributed by atoms with E-state index in [1.165, 1.54) is 30.3 Å². The van der Waals surface area contributed by atoms with Gasteiger partial charge in [-0.15, -0.1) is 11.6 Å². The summed E-state index contributed by atoms with van der Waals surface area (Å²) in [5.74, 6) is -0.765. The number of carbonyl (C=O) groups excluding carboxylic acids is 1. The topological polar surface area (TPSA) is 46.5 Å². The number of Topliss-reactive ketones (excluding diaryl/α,β-unsaturated/α-hetero) is 1. The van der Waals surface area contributed by atoms with Crippen molar-refractivity contribution in [1.29, 1.82) is 0 Å². The Hall–Kier alpha value is -2.07. The van der Waals surface area contributed by atoms with Crippen molar-refractivity contribution in [2.45, 2.75) is 5.38 Å². The van der Waals surface area contributed by atoms with E-state index in [2.05, 4.69) is 0 Å². The quantitative estimate of drug-likeness (QED) is 0.679. The molecule has 1 N–H and O–H groups in total. The van der Waals surface area contributed by atoms with Crippen LogP contribution in [0.5, 0.6) is 11.5 Å². The molecule has 1 aliphatic rings. The predicted octanol–water partition coefficient (Wildman–Crippen LogP) is 3.70. The maximum Gasteiger partial charge on any atom is 0.171 e. The van der Waals surface area contributed by atoms with Crippen molar-refractivity contribution >= 4 is 17.4 Å². The third-order valence-electron chi connectivity index (χ3n) is 3.51. The second kappa shape index (κ2) is 5.37. The Bertz CT molecular complexity index is 702. The SMILES string of the molecule is O=C(c1cccc(F)c1)C1COc2cc(O)ccc2C1Cl. The molecule has 2 aromatic carbocycles. The lowest BCUT2D eigenvalue weighted by atomic mass is 9.89. The summed E-state index contributed by atoms with van der Waals surface area (Å²) in [4.78, 5) is 12.5. The van der Waals surface area contributed by atoms with E-state index in [1.807, 2.05) is 0 Å². The molecular weight excluding hydrogens is 295 g/mol. The Morgan fingerprint density at radius 2 is 2.10 bits per heavy atom.